The van der Waals surface area contributed by atoms with E-state index in [0.717, 1.165) is 31.7 Å². The lowest BCUT2D eigenvalue weighted by Crippen LogP contribution is -2.35. The van der Waals surface area contributed by atoms with Gasteiger partial charge in [-0.25, -0.2) is 13.1 Å². The highest BCUT2D eigenvalue weighted by molar-refractivity contribution is 7.89. The van der Waals surface area contributed by atoms with E-state index in [1.54, 1.807) is 4.90 Å². The van der Waals surface area contributed by atoms with Crippen LogP contribution in [0.2, 0.25) is 0 Å². The molecule has 0 saturated carbocycles. The van der Waals surface area contributed by atoms with Crippen LogP contribution in [0.1, 0.15) is 32.1 Å². The van der Waals surface area contributed by atoms with Crippen molar-refractivity contribution in [3.63, 3.8) is 0 Å². The predicted octanol–water partition coefficient (Wildman–Crippen LogP) is 1.67. The van der Waals surface area contributed by atoms with E-state index in [2.05, 4.69) is 4.72 Å². The van der Waals surface area contributed by atoms with Crippen LogP contribution in [0.25, 0.3) is 0 Å². The fourth-order valence-electron chi connectivity index (χ4n) is 2.68. The first-order chi connectivity index (χ1) is 11.4. The van der Waals surface area contributed by atoms with Gasteiger partial charge < -0.3 is 4.90 Å². The van der Waals surface area contributed by atoms with Crippen LogP contribution in [0.3, 0.4) is 0 Å². The maximum absolute atomic E-state index is 12.2. The molecule has 0 aliphatic carbocycles. The number of para-hydroxylation sites is 1. The van der Waals surface area contributed by atoms with Crippen molar-refractivity contribution in [1.29, 1.82) is 0 Å². The first kappa shape index (κ1) is 18.3. The summed E-state index contributed by atoms with van der Waals surface area (Å²) in [6.45, 7) is 1.33. The van der Waals surface area contributed by atoms with Gasteiger partial charge in [0.1, 0.15) is 0 Å². The number of hydrogen-bond acceptors (Lipinski definition) is 5. The molecule has 1 saturated heterocycles. The van der Waals surface area contributed by atoms with Crippen molar-refractivity contribution in [2.24, 2.45) is 0 Å². The molecular formula is C15H21N3O5S. The summed E-state index contributed by atoms with van der Waals surface area (Å²) in [6.07, 6.45) is 4.18. The number of likely N-dealkylation sites (tertiary alicyclic amines) is 1. The Morgan fingerprint density at radius 3 is 2.42 bits per heavy atom. The van der Waals surface area contributed by atoms with E-state index in [-0.39, 0.29) is 18.9 Å². The summed E-state index contributed by atoms with van der Waals surface area (Å²) in [5.41, 5.74) is -0.483. The molecule has 0 aromatic heterocycles. The van der Waals surface area contributed by atoms with Gasteiger partial charge in [0.25, 0.3) is 5.69 Å². The van der Waals surface area contributed by atoms with E-state index in [4.69, 9.17) is 0 Å². The van der Waals surface area contributed by atoms with Crippen LogP contribution in [-0.2, 0) is 14.8 Å². The first-order valence-corrected chi connectivity index (χ1v) is 9.41. The Kier molecular flexibility index (Phi) is 6.27. The molecule has 1 N–H and O–H groups in total. The van der Waals surface area contributed by atoms with E-state index in [1.807, 2.05) is 0 Å². The molecule has 0 radical (unpaired) electrons. The Hall–Kier alpha value is -2.00. The third-order valence-corrected chi connectivity index (χ3v) is 5.45. The smallest absolute Gasteiger partial charge is 0.289 e. The highest BCUT2D eigenvalue weighted by atomic mass is 32.2. The molecule has 0 unspecified atom stereocenters. The topological polar surface area (TPSA) is 110 Å². The number of carbonyl (C=O) groups is 1. The maximum atomic E-state index is 12.2. The number of amides is 1. The van der Waals surface area contributed by atoms with E-state index in [1.165, 1.54) is 18.2 Å². The molecule has 0 spiro atoms. The molecule has 8 nitrogen and oxygen atoms in total. The molecule has 1 fully saturated rings. The Morgan fingerprint density at radius 2 is 1.79 bits per heavy atom. The molecule has 1 aromatic rings. The van der Waals surface area contributed by atoms with Crippen LogP contribution in [0, 0.1) is 10.1 Å². The molecule has 9 heteroatoms. The fourth-order valence-corrected chi connectivity index (χ4v) is 3.89. The second kappa shape index (κ2) is 8.20. The molecule has 1 amide bonds. The van der Waals surface area contributed by atoms with Crippen molar-refractivity contribution in [2.75, 3.05) is 19.6 Å². The molecular weight excluding hydrogens is 334 g/mol. The van der Waals surface area contributed by atoms with Gasteiger partial charge in [0, 0.05) is 32.1 Å². The Labute approximate surface area is 141 Å². The average molecular weight is 355 g/mol. The van der Waals surface area contributed by atoms with Crippen LogP contribution >= 0.6 is 0 Å². The van der Waals surface area contributed by atoms with Crippen LogP contribution in [0.4, 0.5) is 5.69 Å². The largest absolute Gasteiger partial charge is 0.343 e. The minimum Gasteiger partial charge on any atom is -0.343 e. The lowest BCUT2D eigenvalue weighted by Gasteiger charge is -2.20. The maximum Gasteiger partial charge on any atom is 0.289 e. The first-order valence-electron chi connectivity index (χ1n) is 7.92. The minimum atomic E-state index is -4.03. The number of nitrogens with one attached hydrogen (secondary N) is 1. The van der Waals surface area contributed by atoms with Gasteiger partial charge >= 0.3 is 0 Å². The normalized spacial score (nSPS) is 15.8. The van der Waals surface area contributed by atoms with Crippen molar-refractivity contribution in [3.05, 3.63) is 34.4 Å². The van der Waals surface area contributed by atoms with Gasteiger partial charge in [-0.05, 0) is 18.9 Å². The van der Waals surface area contributed by atoms with Crippen molar-refractivity contribution < 1.29 is 18.1 Å². The molecule has 1 heterocycles. The van der Waals surface area contributed by atoms with Crippen molar-refractivity contribution in [3.8, 4) is 0 Å². The van der Waals surface area contributed by atoms with Gasteiger partial charge in [-0.15, -0.1) is 0 Å². The third-order valence-electron chi connectivity index (χ3n) is 3.94. The summed E-state index contributed by atoms with van der Waals surface area (Å²) in [7, 11) is -4.03. The van der Waals surface area contributed by atoms with Gasteiger partial charge in [0.2, 0.25) is 15.9 Å². The number of nitro benzene ring substituents is 1. The number of benzene rings is 1. The molecule has 0 bridgehead atoms. The number of nitrogens with zero attached hydrogens (tertiary/aromatic N) is 2. The van der Waals surface area contributed by atoms with E-state index >= 15 is 0 Å². The summed E-state index contributed by atoms with van der Waals surface area (Å²) in [4.78, 5) is 23.7. The Balaban J connectivity index is 1.96. The van der Waals surface area contributed by atoms with E-state index in [0.29, 0.717) is 13.1 Å². The summed E-state index contributed by atoms with van der Waals surface area (Å²) in [5.74, 6) is -0.0952. The number of nitro groups is 1. The number of sulfonamides is 1. The summed E-state index contributed by atoms with van der Waals surface area (Å²) >= 11 is 0. The van der Waals surface area contributed by atoms with Crippen molar-refractivity contribution >= 4 is 21.6 Å². The second-order valence-electron chi connectivity index (χ2n) is 5.67. The highest BCUT2D eigenvalue weighted by Crippen LogP contribution is 2.22. The number of carbonyl (C=O) groups excluding carboxylic acids is 1. The third kappa shape index (κ3) is 4.75. The minimum absolute atomic E-state index is 0.0415. The number of hydrogen-bond donors (Lipinski definition) is 1. The van der Waals surface area contributed by atoms with Crippen molar-refractivity contribution in [2.45, 2.75) is 37.0 Å². The van der Waals surface area contributed by atoms with Gasteiger partial charge in [0.15, 0.2) is 4.90 Å². The SMILES string of the molecule is O=C(CCNS(=O)(=O)c1ccccc1[N+](=O)[O-])N1CCCCCC1. The summed E-state index contributed by atoms with van der Waals surface area (Å²) in [6, 6.07) is 5.14. The lowest BCUT2D eigenvalue weighted by molar-refractivity contribution is -0.387. The lowest BCUT2D eigenvalue weighted by atomic mass is 10.2. The Morgan fingerprint density at radius 1 is 1.17 bits per heavy atom. The highest BCUT2D eigenvalue weighted by Gasteiger charge is 2.25. The predicted molar refractivity (Wildman–Crippen MR) is 87.9 cm³/mol. The average Bonchev–Trinajstić information content (AvgIpc) is 2.84. The van der Waals surface area contributed by atoms with Crippen LogP contribution < -0.4 is 4.72 Å². The zero-order valence-electron chi connectivity index (χ0n) is 13.3. The molecule has 24 heavy (non-hydrogen) atoms. The second-order valence-corrected chi connectivity index (χ2v) is 7.40. The standard InChI is InChI=1S/C15H21N3O5S/c19-15(17-11-5-1-2-6-12-17)9-10-16-24(22,23)14-8-4-3-7-13(14)18(20)21/h3-4,7-8,16H,1-2,5-6,9-12H2. The monoisotopic (exact) mass is 355 g/mol. The molecule has 1 aliphatic heterocycles. The van der Waals surface area contributed by atoms with E-state index in [9.17, 15) is 23.3 Å². The molecule has 132 valence electrons. The molecule has 0 atom stereocenters. The number of rotatable bonds is 6. The summed E-state index contributed by atoms with van der Waals surface area (Å²) in [5, 5.41) is 10.9. The quantitative estimate of drug-likeness (QED) is 0.616. The van der Waals surface area contributed by atoms with Crippen LogP contribution in [0.15, 0.2) is 29.2 Å². The van der Waals surface area contributed by atoms with Crippen LogP contribution in [0.5, 0.6) is 0 Å². The van der Waals surface area contributed by atoms with Gasteiger partial charge in [-0.3, -0.25) is 14.9 Å². The Bertz CT molecular complexity index is 697. The van der Waals surface area contributed by atoms with Gasteiger partial charge in [-0.1, -0.05) is 25.0 Å². The molecule has 1 aliphatic rings. The zero-order valence-corrected chi connectivity index (χ0v) is 14.1. The molecule has 1 aromatic carbocycles. The van der Waals surface area contributed by atoms with E-state index < -0.39 is 25.5 Å². The van der Waals surface area contributed by atoms with Crippen LogP contribution in [-0.4, -0.2) is 43.8 Å². The zero-order chi connectivity index (χ0) is 17.6. The molecule has 2 rings (SSSR count). The summed E-state index contributed by atoms with van der Waals surface area (Å²) < 4.78 is 26.7. The van der Waals surface area contributed by atoms with Gasteiger partial charge in [-0.2, -0.15) is 0 Å². The fraction of sp³-hybridized carbons (Fsp3) is 0.533. The van der Waals surface area contributed by atoms with Crippen molar-refractivity contribution in [1.82, 2.24) is 9.62 Å². The van der Waals surface area contributed by atoms with Gasteiger partial charge in [0.05, 0.1) is 4.92 Å².